The zero-order chi connectivity index (χ0) is 15.5. The van der Waals surface area contributed by atoms with Crippen molar-refractivity contribution in [2.45, 2.75) is 32.6 Å². The minimum absolute atomic E-state index is 0.158. The average molecular weight is 305 g/mol. The minimum atomic E-state index is -0.737. The van der Waals surface area contributed by atoms with Gasteiger partial charge in [0.05, 0.1) is 10.4 Å². The number of amides is 2. The van der Waals surface area contributed by atoms with Gasteiger partial charge >= 0.3 is 0 Å². The summed E-state index contributed by atoms with van der Waals surface area (Å²) < 4.78 is 0. The highest BCUT2D eigenvalue weighted by atomic mass is 32.1. The van der Waals surface area contributed by atoms with Gasteiger partial charge in [-0.25, -0.2) is 0 Å². The summed E-state index contributed by atoms with van der Waals surface area (Å²) in [6.45, 7) is 1.44. The van der Waals surface area contributed by atoms with Crippen molar-refractivity contribution in [1.82, 2.24) is 0 Å². The smallest absolute Gasteiger partial charge is 0.237 e. The molecule has 0 spiro atoms. The van der Waals surface area contributed by atoms with Crippen LogP contribution >= 0.6 is 12.2 Å². The topological polar surface area (TPSA) is 84.2 Å². The molecule has 0 heterocycles. The lowest BCUT2D eigenvalue weighted by Gasteiger charge is -2.26. The summed E-state index contributed by atoms with van der Waals surface area (Å²) in [6, 6.07) is 7.01. The van der Waals surface area contributed by atoms with E-state index < -0.39 is 5.41 Å². The fraction of sp³-hybridized carbons (Fsp3) is 0.400. The lowest BCUT2D eigenvalue weighted by Crippen LogP contribution is -2.43. The first-order valence-electron chi connectivity index (χ1n) is 6.93. The van der Waals surface area contributed by atoms with Crippen molar-refractivity contribution >= 4 is 40.4 Å². The molecule has 0 radical (unpaired) electrons. The second-order valence-electron chi connectivity index (χ2n) is 5.37. The van der Waals surface area contributed by atoms with Crippen LogP contribution in [0.4, 0.5) is 11.4 Å². The molecule has 1 aromatic rings. The number of carbonyl (C=O) groups excluding carboxylic acids is 2. The molecule has 112 valence electrons. The van der Waals surface area contributed by atoms with Gasteiger partial charge in [0.2, 0.25) is 11.8 Å². The second kappa shape index (κ2) is 6.22. The molecule has 0 aromatic heterocycles. The maximum atomic E-state index is 12.5. The van der Waals surface area contributed by atoms with Gasteiger partial charge in [0, 0.05) is 18.3 Å². The number of nitrogens with one attached hydrogen (secondary N) is 2. The lowest BCUT2D eigenvalue weighted by molar-refractivity contribution is -0.122. The van der Waals surface area contributed by atoms with Gasteiger partial charge in [0.15, 0.2) is 0 Å². The maximum absolute atomic E-state index is 12.5. The highest BCUT2D eigenvalue weighted by Crippen LogP contribution is 2.39. The van der Waals surface area contributed by atoms with E-state index in [0.29, 0.717) is 24.2 Å². The summed E-state index contributed by atoms with van der Waals surface area (Å²) in [5.74, 6) is -0.318. The Kier molecular flexibility index (Phi) is 4.57. The van der Waals surface area contributed by atoms with Gasteiger partial charge in [-0.1, -0.05) is 31.1 Å². The van der Waals surface area contributed by atoms with E-state index in [0.717, 1.165) is 12.8 Å². The summed E-state index contributed by atoms with van der Waals surface area (Å²) in [5, 5.41) is 5.54. The van der Waals surface area contributed by atoms with Crippen LogP contribution in [0.3, 0.4) is 0 Å². The first-order chi connectivity index (χ1) is 9.94. The number of hydrogen-bond donors (Lipinski definition) is 3. The third kappa shape index (κ3) is 3.39. The molecule has 1 aliphatic rings. The van der Waals surface area contributed by atoms with Gasteiger partial charge in [0.25, 0.3) is 0 Å². The van der Waals surface area contributed by atoms with Gasteiger partial charge in [-0.2, -0.15) is 0 Å². The molecule has 2 amide bonds. The lowest BCUT2D eigenvalue weighted by atomic mass is 9.85. The number of anilines is 2. The molecular formula is C15H19N3O2S. The Bertz CT molecular complexity index is 580. The van der Waals surface area contributed by atoms with Crippen molar-refractivity contribution in [2.75, 3.05) is 10.6 Å². The summed E-state index contributed by atoms with van der Waals surface area (Å²) in [6.07, 6.45) is 3.30. The van der Waals surface area contributed by atoms with E-state index in [2.05, 4.69) is 10.6 Å². The molecule has 5 nitrogen and oxygen atoms in total. The van der Waals surface area contributed by atoms with E-state index in [1.165, 1.54) is 6.92 Å². The van der Waals surface area contributed by atoms with E-state index in [9.17, 15) is 9.59 Å². The molecule has 2 rings (SSSR count). The zero-order valence-electron chi connectivity index (χ0n) is 11.9. The van der Waals surface area contributed by atoms with Crippen LogP contribution in [-0.4, -0.2) is 16.8 Å². The van der Waals surface area contributed by atoms with Gasteiger partial charge in [-0.15, -0.1) is 0 Å². The maximum Gasteiger partial charge on any atom is 0.237 e. The normalized spacial score (nSPS) is 16.2. The predicted octanol–water partition coefficient (Wildman–Crippen LogP) is 2.43. The third-order valence-corrected chi connectivity index (χ3v) is 4.19. The highest BCUT2D eigenvalue weighted by Gasteiger charge is 2.43. The summed E-state index contributed by atoms with van der Waals surface area (Å²) in [5.41, 5.74) is 6.31. The molecule has 0 unspecified atom stereocenters. The first-order valence-corrected chi connectivity index (χ1v) is 7.34. The van der Waals surface area contributed by atoms with Crippen LogP contribution in [0, 0.1) is 5.41 Å². The van der Waals surface area contributed by atoms with Crippen LogP contribution in [0.25, 0.3) is 0 Å². The quantitative estimate of drug-likeness (QED) is 0.746. The molecular weight excluding hydrogens is 286 g/mol. The van der Waals surface area contributed by atoms with Crippen LogP contribution in [-0.2, 0) is 9.59 Å². The monoisotopic (exact) mass is 305 g/mol. The summed E-state index contributed by atoms with van der Waals surface area (Å²) >= 11 is 5.10. The Balaban J connectivity index is 2.15. The van der Waals surface area contributed by atoms with Crippen molar-refractivity contribution < 1.29 is 9.59 Å². The second-order valence-corrected chi connectivity index (χ2v) is 5.81. The van der Waals surface area contributed by atoms with Crippen molar-refractivity contribution in [3.8, 4) is 0 Å². The van der Waals surface area contributed by atoms with E-state index >= 15 is 0 Å². The number of rotatable bonds is 4. The predicted molar refractivity (Wildman–Crippen MR) is 87.1 cm³/mol. The highest BCUT2D eigenvalue weighted by molar-refractivity contribution is 7.80. The number of carbonyl (C=O) groups is 2. The largest absolute Gasteiger partial charge is 0.392 e. The number of nitrogens with two attached hydrogens (primary N) is 1. The average Bonchev–Trinajstić information content (AvgIpc) is 2.88. The Hall–Kier alpha value is -1.95. The molecule has 6 heteroatoms. The van der Waals surface area contributed by atoms with Crippen molar-refractivity contribution in [3.63, 3.8) is 0 Å². The molecule has 0 aliphatic heterocycles. The van der Waals surface area contributed by atoms with Crippen LogP contribution < -0.4 is 16.4 Å². The minimum Gasteiger partial charge on any atom is -0.392 e. The fourth-order valence-corrected chi connectivity index (χ4v) is 2.99. The van der Waals surface area contributed by atoms with Crippen molar-refractivity contribution in [3.05, 3.63) is 24.3 Å². The van der Waals surface area contributed by atoms with E-state index in [4.69, 9.17) is 18.0 Å². The molecule has 0 saturated heterocycles. The number of benzene rings is 1. The Morgan fingerprint density at radius 2 is 1.76 bits per heavy atom. The van der Waals surface area contributed by atoms with Crippen LogP contribution in [0.2, 0.25) is 0 Å². The van der Waals surface area contributed by atoms with E-state index in [1.54, 1.807) is 24.3 Å². The summed E-state index contributed by atoms with van der Waals surface area (Å²) in [7, 11) is 0. The Morgan fingerprint density at radius 3 is 2.29 bits per heavy atom. The molecule has 1 saturated carbocycles. The molecule has 1 aromatic carbocycles. The molecule has 4 N–H and O–H groups in total. The molecule has 1 aliphatic carbocycles. The SMILES string of the molecule is CC(=O)Nc1cccc(NC(=O)C2(C(N)=S)CCCC2)c1. The summed E-state index contributed by atoms with van der Waals surface area (Å²) in [4.78, 5) is 23.9. The van der Waals surface area contributed by atoms with Crippen molar-refractivity contribution in [1.29, 1.82) is 0 Å². The van der Waals surface area contributed by atoms with Crippen LogP contribution in [0.1, 0.15) is 32.6 Å². The standard InChI is InChI=1S/C15H19N3O2S/c1-10(19)17-11-5-4-6-12(9-11)18-14(20)15(13(16)21)7-2-3-8-15/h4-6,9H,2-3,7-8H2,1H3,(H2,16,21)(H,17,19)(H,18,20). The molecule has 21 heavy (non-hydrogen) atoms. The van der Waals surface area contributed by atoms with E-state index in [-0.39, 0.29) is 16.8 Å². The Morgan fingerprint density at radius 1 is 1.19 bits per heavy atom. The third-order valence-electron chi connectivity index (χ3n) is 3.80. The molecule has 0 bridgehead atoms. The van der Waals surface area contributed by atoms with E-state index in [1.807, 2.05) is 0 Å². The van der Waals surface area contributed by atoms with Gasteiger partial charge in [0.1, 0.15) is 0 Å². The van der Waals surface area contributed by atoms with Crippen molar-refractivity contribution in [2.24, 2.45) is 11.1 Å². The number of thiocarbonyl (C=S) groups is 1. The first kappa shape index (κ1) is 15.4. The van der Waals surface area contributed by atoms with Crippen LogP contribution in [0.5, 0.6) is 0 Å². The van der Waals surface area contributed by atoms with Gasteiger partial charge in [-0.05, 0) is 31.0 Å². The molecule has 1 fully saturated rings. The van der Waals surface area contributed by atoms with Gasteiger partial charge < -0.3 is 16.4 Å². The molecule has 0 atom stereocenters. The van der Waals surface area contributed by atoms with Gasteiger partial charge in [-0.3, -0.25) is 9.59 Å². The number of hydrogen-bond acceptors (Lipinski definition) is 3. The fourth-order valence-electron chi connectivity index (χ4n) is 2.69. The Labute approximate surface area is 129 Å². The zero-order valence-corrected chi connectivity index (χ0v) is 12.8. The van der Waals surface area contributed by atoms with Crippen LogP contribution in [0.15, 0.2) is 24.3 Å².